The minimum Gasteiger partial charge on any atom is -0.494 e. The molecule has 2 heterocycles. The van der Waals surface area contributed by atoms with Crippen molar-refractivity contribution in [3.63, 3.8) is 0 Å². The molecule has 2 rings (SSSR count). The minimum absolute atomic E-state index is 0.865. The molecular weight excluding hydrogens is 315 g/mol. The summed E-state index contributed by atoms with van der Waals surface area (Å²) in [4.78, 5) is 4.40. The Morgan fingerprint density at radius 3 is 3.12 bits per heavy atom. The number of allylic oxidation sites excluding steroid dienone is 1. The predicted octanol–water partition coefficient (Wildman–Crippen LogP) is 3.31. The zero-order valence-electron chi connectivity index (χ0n) is 9.11. The zero-order valence-corrected chi connectivity index (χ0v) is 11.3. The predicted molar refractivity (Wildman–Crippen MR) is 73.3 cm³/mol. The highest BCUT2D eigenvalue weighted by Crippen LogP contribution is 2.35. The molecule has 2 aliphatic rings. The van der Waals surface area contributed by atoms with Gasteiger partial charge in [0.05, 0.1) is 47.6 Å². The second-order valence-electron chi connectivity index (χ2n) is 3.49. The van der Waals surface area contributed by atoms with Crippen molar-refractivity contribution in [3.8, 4) is 17.0 Å². The van der Waals surface area contributed by atoms with Crippen molar-refractivity contribution < 1.29 is 4.74 Å². The summed E-state index contributed by atoms with van der Waals surface area (Å²) in [5.74, 6) is 0.865. The molecule has 4 heteroatoms. The monoisotopic (exact) mass is 328 g/mol. The Morgan fingerprint density at radius 2 is 2.44 bits per heavy atom. The van der Waals surface area contributed by atoms with E-state index < -0.39 is 0 Å². The highest BCUT2D eigenvalue weighted by atomic mass is 127. The molecule has 0 unspecified atom stereocenters. The number of pyridine rings is 1. The number of halogens is 1. The molecule has 16 heavy (non-hydrogen) atoms. The van der Waals surface area contributed by atoms with Gasteiger partial charge in [-0.2, -0.15) is 0 Å². The molecule has 0 aliphatic carbocycles. The maximum Gasteiger partial charge on any atom is 0.145 e. The molecule has 0 aromatic heterocycles. The highest BCUT2D eigenvalue weighted by Gasteiger charge is 2.17. The van der Waals surface area contributed by atoms with Crippen LogP contribution in [0, 0.1) is 0 Å². The third-order valence-corrected chi connectivity index (χ3v) is 3.39. The van der Waals surface area contributed by atoms with Gasteiger partial charge in [0.25, 0.3) is 0 Å². The van der Waals surface area contributed by atoms with E-state index >= 15 is 0 Å². The van der Waals surface area contributed by atoms with Crippen molar-refractivity contribution in [1.82, 2.24) is 7.76 Å². The average Bonchev–Trinajstić information content (AvgIpc) is 2.76. The number of aromatic nitrogens is 2. The van der Waals surface area contributed by atoms with E-state index in [0.717, 1.165) is 29.8 Å². The summed E-state index contributed by atoms with van der Waals surface area (Å²) < 4.78 is 7.39. The van der Waals surface area contributed by atoms with Crippen molar-refractivity contribution in [3.05, 3.63) is 36.8 Å². The summed E-state index contributed by atoms with van der Waals surface area (Å²) in [6.07, 6.45) is 7.64. The topological polar surface area (TPSA) is 27.1 Å². The van der Waals surface area contributed by atoms with Crippen LogP contribution in [-0.4, -0.2) is 14.9 Å². The standard InChI is InChI=1S/C12H13IN2O/c1-3-4-5-10-12-9(6-7-14-12)11(16-2)8-15(10)13/h3,6-8H,1,4-5H2,2H3. The third-order valence-electron chi connectivity index (χ3n) is 2.53. The van der Waals surface area contributed by atoms with Gasteiger partial charge in [-0.3, -0.25) is 7.76 Å². The number of hydrogen-bond donors (Lipinski definition) is 0. The Balaban J connectivity index is 2.53. The molecule has 0 radical (unpaired) electrons. The molecule has 0 aromatic carbocycles. The van der Waals surface area contributed by atoms with E-state index in [1.54, 1.807) is 7.11 Å². The number of nitrogens with zero attached hydrogens (tertiary/aromatic N) is 2. The van der Waals surface area contributed by atoms with Crippen molar-refractivity contribution in [1.29, 1.82) is 0 Å². The zero-order chi connectivity index (χ0) is 11.5. The first-order valence-corrected chi connectivity index (χ1v) is 6.04. The summed E-state index contributed by atoms with van der Waals surface area (Å²) in [6.45, 7) is 3.75. The first-order chi connectivity index (χ1) is 7.77. The van der Waals surface area contributed by atoms with Crippen LogP contribution in [0.15, 0.2) is 31.1 Å². The van der Waals surface area contributed by atoms with Crippen LogP contribution >= 0.6 is 22.9 Å². The fraction of sp³-hybridized carbons (Fsp3) is 0.250. The fourth-order valence-corrected chi connectivity index (χ4v) is 2.46. The van der Waals surface area contributed by atoms with Crippen LogP contribution in [0.4, 0.5) is 0 Å². The van der Waals surface area contributed by atoms with Gasteiger partial charge in [0.2, 0.25) is 0 Å². The number of hydrogen-bond acceptors (Lipinski definition) is 2. The van der Waals surface area contributed by atoms with Gasteiger partial charge in [0.1, 0.15) is 5.75 Å². The van der Waals surface area contributed by atoms with E-state index in [2.05, 4.69) is 37.2 Å². The van der Waals surface area contributed by atoms with Crippen LogP contribution in [0.1, 0.15) is 12.1 Å². The van der Waals surface area contributed by atoms with E-state index in [0.29, 0.717) is 0 Å². The summed E-state index contributed by atoms with van der Waals surface area (Å²) in [5, 5.41) is 0. The maximum absolute atomic E-state index is 5.34. The van der Waals surface area contributed by atoms with Gasteiger partial charge in [0.15, 0.2) is 0 Å². The van der Waals surface area contributed by atoms with E-state index in [4.69, 9.17) is 4.74 Å². The van der Waals surface area contributed by atoms with E-state index in [1.807, 2.05) is 24.5 Å². The van der Waals surface area contributed by atoms with Crippen LogP contribution in [-0.2, 0) is 6.42 Å². The molecule has 2 aliphatic heterocycles. The first kappa shape index (κ1) is 11.4. The SMILES string of the molecule is C=CCCc1c2nccc-2c(OC)cn1I. The smallest absolute Gasteiger partial charge is 0.145 e. The van der Waals surface area contributed by atoms with E-state index in [9.17, 15) is 0 Å². The lowest BCUT2D eigenvalue weighted by Crippen LogP contribution is -2.02. The second-order valence-corrected chi connectivity index (χ2v) is 4.53. The Kier molecular flexibility index (Phi) is 3.48. The lowest BCUT2D eigenvalue weighted by Gasteiger charge is -2.14. The normalized spacial score (nSPS) is 10.6. The Bertz CT molecular complexity index is 478. The lowest BCUT2D eigenvalue weighted by molar-refractivity contribution is 0.414. The summed E-state index contributed by atoms with van der Waals surface area (Å²) >= 11 is 2.26. The molecule has 0 bridgehead atoms. The molecule has 0 atom stereocenters. The van der Waals surface area contributed by atoms with Gasteiger partial charge in [0, 0.05) is 11.8 Å². The molecule has 0 N–H and O–H groups in total. The fourth-order valence-electron chi connectivity index (χ4n) is 1.74. The molecule has 0 saturated carbocycles. The summed E-state index contributed by atoms with van der Waals surface area (Å²) in [6, 6.07) is 1.99. The Morgan fingerprint density at radius 1 is 1.62 bits per heavy atom. The van der Waals surface area contributed by atoms with Crippen LogP contribution in [0.2, 0.25) is 0 Å². The second kappa shape index (κ2) is 4.86. The Labute approximate surface area is 109 Å². The first-order valence-electron chi connectivity index (χ1n) is 5.08. The molecule has 0 saturated heterocycles. The molecule has 0 fully saturated rings. The number of methoxy groups -OCH3 is 1. The van der Waals surface area contributed by atoms with E-state index in [1.165, 1.54) is 5.69 Å². The molecule has 84 valence electrons. The van der Waals surface area contributed by atoms with Crippen molar-refractivity contribution in [2.45, 2.75) is 12.8 Å². The molecule has 3 nitrogen and oxygen atoms in total. The summed E-state index contributed by atoms with van der Waals surface area (Å²) in [7, 11) is 1.68. The van der Waals surface area contributed by atoms with Crippen molar-refractivity contribution >= 4 is 22.9 Å². The Hall–Kier alpha value is -1.04. The quantitative estimate of drug-likeness (QED) is 0.636. The van der Waals surface area contributed by atoms with Crippen molar-refractivity contribution in [2.24, 2.45) is 0 Å². The van der Waals surface area contributed by atoms with Gasteiger partial charge in [-0.25, -0.2) is 0 Å². The largest absolute Gasteiger partial charge is 0.494 e. The van der Waals surface area contributed by atoms with Gasteiger partial charge in [-0.1, -0.05) is 6.08 Å². The van der Waals surface area contributed by atoms with Crippen LogP contribution < -0.4 is 4.74 Å². The highest BCUT2D eigenvalue weighted by molar-refractivity contribution is 14.1. The molecular formula is C12H13IN2O. The molecule has 0 amide bonds. The van der Waals surface area contributed by atoms with E-state index in [-0.39, 0.29) is 0 Å². The maximum atomic E-state index is 5.34. The van der Waals surface area contributed by atoms with Crippen LogP contribution in [0.5, 0.6) is 5.75 Å². The third kappa shape index (κ3) is 1.93. The van der Waals surface area contributed by atoms with Gasteiger partial charge in [-0.05, 0) is 18.9 Å². The number of fused-ring (bicyclic) bond motifs is 1. The van der Waals surface area contributed by atoms with Crippen LogP contribution in [0.3, 0.4) is 0 Å². The number of ether oxygens (including phenoxy) is 1. The van der Waals surface area contributed by atoms with Crippen molar-refractivity contribution in [2.75, 3.05) is 7.11 Å². The van der Waals surface area contributed by atoms with Gasteiger partial charge < -0.3 is 4.74 Å². The molecule has 0 spiro atoms. The molecule has 0 aromatic rings. The van der Waals surface area contributed by atoms with Crippen LogP contribution in [0.25, 0.3) is 11.3 Å². The number of rotatable bonds is 4. The van der Waals surface area contributed by atoms with Gasteiger partial charge in [-0.15, -0.1) is 6.58 Å². The minimum atomic E-state index is 0.865. The average molecular weight is 328 g/mol. The van der Waals surface area contributed by atoms with Gasteiger partial charge >= 0.3 is 0 Å². The lowest BCUT2D eigenvalue weighted by atomic mass is 10.1. The summed E-state index contributed by atoms with van der Waals surface area (Å²) in [5.41, 5.74) is 3.31.